The predicted molar refractivity (Wildman–Crippen MR) is 81.8 cm³/mol. The van der Waals surface area contributed by atoms with Gasteiger partial charge in [-0.2, -0.15) is 0 Å². The molecule has 1 aromatic carbocycles. The van der Waals surface area contributed by atoms with Crippen LogP contribution in [0.25, 0.3) is 0 Å². The van der Waals surface area contributed by atoms with E-state index in [1.54, 1.807) is 7.11 Å². The Balaban J connectivity index is 2.46. The van der Waals surface area contributed by atoms with Gasteiger partial charge >= 0.3 is 0 Å². The average Bonchev–Trinajstić information content (AvgIpc) is 2.43. The molecule has 0 amide bonds. The Morgan fingerprint density at radius 1 is 1.32 bits per heavy atom. The van der Waals surface area contributed by atoms with E-state index in [9.17, 15) is 0 Å². The number of hydrogen-bond acceptors (Lipinski definition) is 3. The van der Waals surface area contributed by atoms with Gasteiger partial charge in [0.25, 0.3) is 0 Å². The first-order valence-corrected chi connectivity index (χ1v) is 7.09. The monoisotopic (exact) mass is 264 g/mol. The fourth-order valence-corrected chi connectivity index (χ4v) is 2.00. The van der Waals surface area contributed by atoms with Crippen LogP contribution in [0.3, 0.4) is 0 Å². The second-order valence-corrected chi connectivity index (χ2v) is 5.79. The highest BCUT2D eigenvalue weighted by Gasteiger charge is 2.14. The molecule has 0 saturated carbocycles. The third-order valence-electron chi connectivity index (χ3n) is 3.47. The van der Waals surface area contributed by atoms with Crippen molar-refractivity contribution in [2.75, 3.05) is 26.7 Å². The van der Waals surface area contributed by atoms with E-state index in [1.807, 2.05) is 0 Å². The highest BCUT2D eigenvalue weighted by Crippen LogP contribution is 2.20. The minimum atomic E-state index is 0.175. The van der Waals surface area contributed by atoms with E-state index in [0.29, 0.717) is 6.54 Å². The molecule has 0 atom stereocenters. The topological polar surface area (TPSA) is 47.3 Å². The van der Waals surface area contributed by atoms with Crippen LogP contribution in [0.15, 0.2) is 18.2 Å². The Hall–Kier alpha value is -1.06. The number of nitrogens with two attached hydrogens (primary N) is 1. The zero-order valence-corrected chi connectivity index (χ0v) is 12.8. The second kappa shape index (κ2) is 7.51. The minimum Gasteiger partial charge on any atom is -0.496 e. The maximum absolute atomic E-state index is 5.72. The predicted octanol–water partition coefficient (Wildman–Crippen LogP) is 2.37. The number of nitrogens with one attached hydrogen (secondary N) is 1. The summed E-state index contributed by atoms with van der Waals surface area (Å²) in [6, 6.07) is 6.46. The maximum Gasteiger partial charge on any atom is 0.122 e. The molecule has 0 fully saturated rings. The fourth-order valence-electron chi connectivity index (χ4n) is 2.00. The van der Waals surface area contributed by atoms with Gasteiger partial charge in [0.15, 0.2) is 0 Å². The van der Waals surface area contributed by atoms with E-state index in [0.717, 1.165) is 31.7 Å². The molecule has 19 heavy (non-hydrogen) atoms. The van der Waals surface area contributed by atoms with E-state index in [2.05, 4.69) is 44.3 Å². The Morgan fingerprint density at radius 2 is 2.05 bits per heavy atom. The van der Waals surface area contributed by atoms with Crippen LogP contribution in [0.5, 0.6) is 5.75 Å². The molecule has 0 unspecified atom stereocenters. The average molecular weight is 264 g/mol. The first kappa shape index (κ1) is 16.0. The molecule has 0 aliphatic heterocycles. The van der Waals surface area contributed by atoms with Gasteiger partial charge in [-0.15, -0.1) is 0 Å². The highest BCUT2D eigenvalue weighted by atomic mass is 16.5. The summed E-state index contributed by atoms with van der Waals surface area (Å²) in [6.07, 6.45) is 2.04. The van der Waals surface area contributed by atoms with Crippen LogP contribution in [0.1, 0.15) is 31.9 Å². The quantitative estimate of drug-likeness (QED) is 0.709. The largest absolute Gasteiger partial charge is 0.496 e. The standard InChI is InChI=1S/C16H28N2O/c1-5-14-10-13(6-7-15(14)19-4)8-9-18-12-16(2,3)11-17/h6-7,10,18H,5,8-9,11-12,17H2,1-4H3. The van der Waals surface area contributed by atoms with Crippen molar-refractivity contribution in [1.29, 1.82) is 0 Å². The first-order chi connectivity index (χ1) is 9.02. The van der Waals surface area contributed by atoms with Gasteiger partial charge in [0.2, 0.25) is 0 Å². The summed E-state index contributed by atoms with van der Waals surface area (Å²) in [5.41, 5.74) is 8.53. The lowest BCUT2D eigenvalue weighted by molar-refractivity contribution is 0.353. The lowest BCUT2D eigenvalue weighted by Gasteiger charge is -2.22. The van der Waals surface area contributed by atoms with Gasteiger partial charge in [-0.1, -0.05) is 32.9 Å². The van der Waals surface area contributed by atoms with E-state index in [4.69, 9.17) is 10.5 Å². The number of aryl methyl sites for hydroxylation is 1. The molecule has 108 valence electrons. The number of rotatable bonds is 8. The molecular formula is C16H28N2O. The summed E-state index contributed by atoms with van der Waals surface area (Å²) < 4.78 is 5.35. The fraction of sp³-hybridized carbons (Fsp3) is 0.625. The smallest absolute Gasteiger partial charge is 0.122 e. The summed E-state index contributed by atoms with van der Waals surface area (Å²) in [4.78, 5) is 0. The molecule has 1 aromatic rings. The normalized spacial score (nSPS) is 11.6. The number of ether oxygens (including phenoxy) is 1. The lowest BCUT2D eigenvalue weighted by Crippen LogP contribution is -2.36. The molecule has 0 aliphatic carbocycles. The highest BCUT2D eigenvalue weighted by molar-refractivity contribution is 5.37. The van der Waals surface area contributed by atoms with Crippen molar-refractivity contribution in [3.8, 4) is 5.75 Å². The molecule has 3 heteroatoms. The summed E-state index contributed by atoms with van der Waals surface area (Å²) >= 11 is 0. The summed E-state index contributed by atoms with van der Waals surface area (Å²) in [6.45, 7) is 9.18. The van der Waals surface area contributed by atoms with Crippen molar-refractivity contribution in [3.05, 3.63) is 29.3 Å². The number of hydrogen-bond donors (Lipinski definition) is 2. The van der Waals surface area contributed by atoms with Crippen molar-refractivity contribution >= 4 is 0 Å². The molecular weight excluding hydrogens is 236 g/mol. The van der Waals surface area contributed by atoms with E-state index < -0.39 is 0 Å². The van der Waals surface area contributed by atoms with Gasteiger partial charge in [-0.3, -0.25) is 0 Å². The number of benzene rings is 1. The van der Waals surface area contributed by atoms with Crippen molar-refractivity contribution < 1.29 is 4.74 Å². The van der Waals surface area contributed by atoms with Crippen LogP contribution < -0.4 is 15.8 Å². The van der Waals surface area contributed by atoms with Crippen molar-refractivity contribution in [3.63, 3.8) is 0 Å². The molecule has 3 N–H and O–H groups in total. The lowest BCUT2D eigenvalue weighted by atomic mass is 9.94. The van der Waals surface area contributed by atoms with Crippen molar-refractivity contribution in [2.45, 2.75) is 33.6 Å². The first-order valence-electron chi connectivity index (χ1n) is 7.09. The van der Waals surface area contributed by atoms with Gasteiger partial charge in [0.05, 0.1) is 7.11 Å². The van der Waals surface area contributed by atoms with Crippen LogP contribution in [-0.4, -0.2) is 26.7 Å². The molecule has 0 radical (unpaired) electrons. The molecule has 1 rings (SSSR count). The van der Waals surface area contributed by atoms with Crippen LogP contribution >= 0.6 is 0 Å². The Labute approximate surface area is 117 Å². The van der Waals surface area contributed by atoms with Crippen molar-refractivity contribution in [1.82, 2.24) is 5.32 Å². The van der Waals surface area contributed by atoms with Crippen molar-refractivity contribution in [2.24, 2.45) is 11.1 Å². The van der Waals surface area contributed by atoms with Crippen LogP contribution in [-0.2, 0) is 12.8 Å². The Morgan fingerprint density at radius 3 is 2.63 bits per heavy atom. The molecule has 3 nitrogen and oxygen atoms in total. The third-order valence-corrected chi connectivity index (χ3v) is 3.47. The van der Waals surface area contributed by atoms with Gasteiger partial charge in [-0.05, 0) is 48.5 Å². The summed E-state index contributed by atoms with van der Waals surface area (Å²) in [7, 11) is 1.73. The number of methoxy groups -OCH3 is 1. The molecule has 0 aromatic heterocycles. The van der Waals surface area contributed by atoms with E-state index >= 15 is 0 Å². The minimum absolute atomic E-state index is 0.175. The van der Waals surface area contributed by atoms with Crippen LogP contribution in [0.2, 0.25) is 0 Å². The van der Waals surface area contributed by atoms with E-state index in [1.165, 1.54) is 11.1 Å². The van der Waals surface area contributed by atoms with Gasteiger partial charge in [-0.25, -0.2) is 0 Å². The second-order valence-electron chi connectivity index (χ2n) is 5.79. The third kappa shape index (κ3) is 5.21. The Kier molecular flexibility index (Phi) is 6.32. The van der Waals surface area contributed by atoms with Crippen LogP contribution in [0, 0.1) is 5.41 Å². The SMILES string of the molecule is CCc1cc(CCNCC(C)(C)CN)ccc1OC. The molecule has 0 aliphatic rings. The van der Waals surface area contributed by atoms with Crippen LogP contribution in [0.4, 0.5) is 0 Å². The molecule has 0 heterocycles. The van der Waals surface area contributed by atoms with Gasteiger partial charge in [0.1, 0.15) is 5.75 Å². The Bertz CT molecular complexity index is 388. The zero-order valence-electron chi connectivity index (χ0n) is 12.8. The van der Waals surface area contributed by atoms with Gasteiger partial charge < -0.3 is 15.8 Å². The summed E-state index contributed by atoms with van der Waals surface area (Å²) in [5.74, 6) is 0.989. The molecule has 0 saturated heterocycles. The molecule has 0 bridgehead atoms. The summed E-state index contributed by atoms with van der Waals surface area (Å²) in [5, 5.41) is 3.48. The van der Waals surface area contributed by atoms with Gasteiger partial charge in [0, 0.05) is 6.54 Å². The van der Waals surface area contributed by atoms with E-state index in [-0.39, 0.29) is 5.41 Å². The zero-order chi connectivity index (χ0) is 14.3. The molecule has 0 spiro atoms. The maximum atomic E-state index is 5.72.